The van der Waals surface area contributed by atoms with E-state index in [1.54, 1.807) is 29.9 Å². The first-order valence-electron chi connectivity index (χ1n) is 11.8. The summed E-state index contributed by atoms with van der Waals surface area (Å²) in [6.45, 7) is 6.19. The molecule has 0 unspecified atom stereocenters. The van der Waals surface area contributed by atoms with Gasteiger partial charge in [0.05, 0.1) is 59.9 Å². The summed E-state index contributed by atoms with van der Waals surface area (Å²) in [4.78, 5) is 34.8. The number of rotatable bonds is 11. The Balaban J connectivity index is 2.29. The third kappa shape index (κ3) is 6.08. The number of hydrogen-bond acceptors (Lipinski definition) is 8. The number of hydrogen-bond donors (Lipinski definition) is 2. The molecule has 0 saturated carbocycles. The topological polar surface area (TPSA) is 130 Å². The number of amides is 1. The molecule has 1 amide bonds. The number of carbonyl (C=O) groups is 1. The van der Waals surface area contributed by atoms with Crippen molar-refractivity contribution < 1.29 is 19.0 Å². The molecule has 2 aromatic heterocycles. The normalized spacial score (nSPS) is 11.9. The maximum Gasteiger partial charge on any atom is 0.259 e. The zero-order valence-corrected chi connectivity index (χ0v) is 23.5. The Morgan fingerprint density at radius 1 is 1.18 bits per heavy atom. The number of aliphatic imine (C=N–C) groups is 1. The zero-order chi connectivity index (χ0) is 28.7. The predicted octanol–water partition coefficient (Wildman–Crippen LogP) is 3.95. The Bertz CT molecular complexity index is 1500. The van der Waals surface area contributed by atoms with Crippen LogP contribution in [0.1, 0.15) is 12.6 Å². The van der Waals surface area contributed by atoms with Crippen LogP contribution >= 0.6 is 23.2 Å². The molecule has 0 aliphatic carbocycles. The smallest absolute Gasteiger partial charge is 0.259 e. The summed E-state index contributed by atoms with van der Waals surface area (Å²) in [5.74, 6) is 0.208. The number of benzene rings is 1. The highest BCUT2D eigenvalue weighted by atomic mass is 35.5. The van der Waals surface area contributed by atoms with Gasteiger partial charge in [0.25, 0.3) is 5.56 Å². The second-order valence-corrected chi connectivity index (χ2v) is 8.77. The molecule has 10 nitrogen and oxygen atoms in total. The van der Waals surface area contributed by atoms with Crippen LogP contribution in [-0.4, -0.2) is 55.7 Å². The number of allylic oxidation sites excluding steroid dienone is 1. The number of fused-ring (bicyclic) bond motifs is 1. The minimum atomic E-state index is -0.479. The highest BCUT2D eigenvalue weighted by molar-refractivity contribution is 6.41. The molecular formula is C27H29Cl2N5O5. The van der Waals surface area contributed by atoms with Gasteiger partial charge in [-0.1, -0.05) is 29.8 Å². The molecule has 0 saturated heterocycles. The van der Waals surface area contributed by atoms with Crippen LogP contribution in [0.2, 0.25) is 10.0 Å². The highest BCUT2D eigenvalue weighted by Gasteiger charge is 2.23. The molecule has 0 aliphatic rings. The fraction of sp³-hybridized carbons (Fsp3) is 0.259. The van der Waals surface area contributed by atoms with Crippen molar-refractivity contribution in [3.05, 3.63) is 75.0 Å². The highest BCUT2D eigenvalue weighted by Crippen LogP contribution is 2.46. The van der Waals surface area contributed by atoms with Crippen LogP contribution in [0.5, 0.6) is 11.5 Å². The lowest BCUT2D eigenvalue weighted by Crippen LogP contribution is -2.28. The number of nitrogens with one attached hydrogen (secondary N) is 1. The molecule has 3 N–H and O–H groups in total. The number of halogens is 2. The van der Waals surface area contributed by atoms with Crippen molar-refractivity contribution in [2.75, 3.05) is 34.5 Å². The molecule has 0 aliphatic heterocycles. The quantitative estimate of drug-likeness (QED) is 0.202. The van der Waals surface area contributed by atoms with Crippen molar-refractivity contribution in [1.82, 2.24) is 14.9 Å². The Hall–Kier alpha value is -3.86. The molecule has 2 heterocycles. The van der Waals surface area contributed by atoms with E-state index in [2.05, 4.69) is 21.9 Å². The zero-order valence-electron chi connectivity index (χ0n) is 22.0. The lowest BCUT2D eigenvalue weighted by molar-refractivity contribution is -0.115. The first kappa shape index (κ1) is 29.7. The maximum atomic E-state index is 13.8. The lowest BCUT2D eigenvalue weighted by Gasteiger charge is -2.19. The average Bonchev–Trinajstić information content (AvgIpc) is 2.94. The third-order valence-corrected chi connectivity index (χ3v) is 6.56. The van der Waals surface area contributed by atoms with Gasteiger partial charge in [-0.05, 0) is 25.1 Å². The molecule has 1 aromatic carbocycles. The summed E-state index contributed by atoms with van der Waals surface area (Å²) in [7, 11) is 4.50. The van der Waals surface area contributed by atoms with Crippen molar-refractivity contribution in [2.24, 2.45) is 10.7 Å². The average molecular weight is 574 g/mol. The molecule has 3 rings (SSSR count). The summed E-state index contributed by atoms with van der Waals surface area (Å²) in [6.07, 6.45) is 3.84. The predicted molar refractivity (Wildman–Crippen MR) is 154 cm³/mol. The van der Waals surface area contributed by atoms with Crippen molar-refractivity contribution in [3.63, 3.8) is 0 Å². The van der Waals surface area contributed by atoms with Crippen molar-refractivity contribution >= 4 is 45.6 Å². The minimum Gasteiger partial charge on any atom is -0.495 e. The van der Waals surface area contributed by atoms with Crippen molar-refractivity contribution in [2.45, 2.75) is 13.5 Å². The van der Waals surface area contributed by atoms with Crippen molar-refractivity contribution in [1.29, 1.82) is 0 Å². The van der Waals surface area contributed by atoms with Gasteiger partial charge in [0.1, 0.15) is 17.2 Å². The summed E-state index contributed by atoms with van der Waals surface area (Å²) < 4.78 is 17.4. The second-order valence-electron chi connectivity index (χ2n) is 8.02. The summed E-state index contributed by atoms with van der Waals surface area (Å²) in [6, 6.07) is 4.94. The van der Waals surface area contributed by atoms with Crippen LogP contribution in [0.4, 0.5) is 0 Å². The molecule has 0 atom stereocenters. The third-order valence-electron chi connectivity index (χ3n) is 5.81. The Labute approximate surface area is 235 Å². The molecule has 0 spiro atoms. The van der Waals surface area contributed by atoms with Gasteiger partial charge in [-0.15, -0.1) is 0 Å². The molecule has 39 heavy (non-hydrogen) atoms. The molecule has 0 fully saturated rings. The van der Waals surface area contributed by atoms with Crippen LogP contribution in [0.3, 0.4) is 0 Å². The molecule has 12 heteroatoms. The molecule has 206 valence electrons. The molecular weight excluding hydrogens is 545 g/mol. The van der Waals surface area contributed by atoms with E-state index < -0.39 is 5.91 Å². The van der Waals surface area contributed by atoms with Crippen LogP contribution in [0.25, 0.3) is 22.0 Å². The van der Waals surface area contributed by atoms with Crippen LogP contribution < -0.4 is 26.1 Å². The van der Waals surface area contributed by atoms with E-state index in [9.17, 15) is 9.59 Å². The minimum absolute atomic E-state index is 0.206. The van der Waals surface area contributed by atoms with Gasteiger partial charge in [-0.25, -0.2) is 0 Å². The van der Waals surface area contributed by atoms with Gasteiger partial charge >= 0.3 is 0 Å². The van der Waals surface area contributed by atoms with E-state index in [0.29, 0.717) is 52.4 Å². The standard InChI is InChI=1S/C27H29Cl2N5O5/c1-6-22(35)33-18(13-30)26(31-8-9-37-3)17-11-16-15(14-32-17)10-19(34(7-2)27(16)36)23-24(28)20(38-4)12-21(39-5)25(23)29/h6,10-14H,1,7-9,30H2,2-5H3,(H,33,35). The first-order chi connectivity index (χ1) is 18.8. The van der Waals surface area contributed by atoms with E-state index >= 15 is 0 Å². The Morgan fingerprint density at radius 3 is 2.38 bits per heavy atom. The number of ether oxygens (including phenoxy) is 3. The largest absolute Gasteiger partial charge is 0.495 e. The van der Waals surface area contributed by atoms with Gasteiger partial charge in [0, 0.05) is 43.1 Å². The monoisotopic (exact) mass is 573 g/mol. The number of nitrogens with zero attached hydrogens (tertiary/aromatic N) is 3. The van der Waals surface area contributed by atoms with Gasteiger partial charge in [-0.2, -0.15) is 0 Å². The fourth-order valence-electron chi connectivity index (χ4n) is 3.92. The van der Waals surface area contributed by atoms with E-state index in [0.717, 1.165) is 6.08 Å². The Kier molecular flexibility index (Phi) is 10.1. The summed E-state index contributed by atoms with van der Waals surface area (Å²) in [5, 5.41) is 3.98. The van der Waals surface area contributed by atoms with Crippen molar-refractivity contribution in [3.8, 4) is 22.8 Å². The lowest BCUT2D eigenvalue weighted by atomic mass is 10.0. The van der Waals surface area contributed by atoms with E-state index in [1.165, 1.54) is 26.6 Å². The van der Waals surface area contributed by atoms with Gasteiger partial charge in [-0.3, -0.25) is 19.6 Å². The summed E-state index contributed by atoms with van der Waals surface area (Å²) >= 11 is 13.3. The van der Waals surface area contributed by atoms with Crippen LogP contribution in [0.15, 0.2) is 58.7 Å². The maximum absolute atomic E-state index is 13.8. The number of carbonyl (C=O) groups excluding carboxylic acids is 1. The number of methoxy groups -OCH3 is 3. The van der Waals surface area contributed by atoms with E-state index in [4.69, 9.17) is 43.1 Å². The van der Waals surface area contributed by atoms with Gasteiger partial charge in [0.15, 0.2) is 0 Å². The van der Waals surface area contributed by atoms with Crippen LogP contribution in [-0.2, 0) is 16.1 Å². The summed E-state index contributed by atoms with van der Waals surface area (Å²) in [5.41, 5.74) is 7.16. The SMILES string of the molecule is C=CC(=O)NC(=CN)C(=NCCOC)c1cc2c(=O)n(CC)c(-c3c(Cl)c(OC)cc(OC)c3Cl)cc2cn1. The van der Waals surface area contributed by atoms with Gasteiger partial charge in [0.2, 0.25) is 5.91 Å². The first-order valence-corrected chi connectivity index (χ1v) is 12.5. The van der Waals surface area contributed by atoms with Gasteiger partial charge < -0.3 is 29.8 Å². The van der Waals surface area contributed by atoms with E-state index in [-0.39, 0.29) is 33.6 Å². The Morgan fingerprint density at radius 2 is 1.85 bits per heavy atom. The number of pyridine rings is 2. The molecule has 0 bridgehead atoms. The molecule has 3 aromatic rings. The van der Waals surface area contributed by atoms with E-state index in [1.807, 2.05) is 6.92 Å². The van der Waals surface area contributed by atoms with Crippen LogP contribution in [0, 0.1) is 0 Å². The second kappa shape index (κ2) is 13.3. The molecule has 0 radical (unpaired) electrons. The fourth-order valence-corrected chi connectivity index (χ4v) is 4.62. The number of nitrogens with two attached hydrogens (primary N) is 1. The number of aromatic nitrogens is 2.